The summed E-state index contributed by atoms with van der Waals surface area (Å²) in [5, 5.41) is 0. The van der Waals surface area contributed by atoms with Crippen molar-refractivity contribution in [2.24, 2.45) is 5.92 Å². The number of carbonyl (C=O) groups is 2. The minimum absolute atomic E-state index is 0.183. The van der Waals surface area contributed by atoms with Gasteiger partial charge in [-0.2, -0.15) is 0 Å². The zero-order valence-electron chi connectivity index (χ0n) is 22.1. The molecule has 200 valence electrons. The molecule has 0 unspecified atom stereocenters. The average Bonchev–Trinajstić information content (AvgIpc) is 2.87. The number of hydrogen-bond acceptors (Lipinski definition) is 6. The quantitative estimate of drug-likeness (QED) is 0.126. The van der Waals surface area contributed by atoms with Gasteiger partial charge in [0.05, 0.1) is 45.6 Å². The number of esters is 2. The molecule has 35 heavy (non-hydrogen) atoms. The second-order valence-corrected chi connectivity index (χ2v) is 9.17. The van der Waals surface area contributed by atoms with Crippen LogP contribution < -0.4 is 0 Å². The van der Waals surface area contributed by atoms with E-state index in [1.807, 2.05) is 30.3 Å². The van der Waals surface area contributed by atoms with Crippen LogP contribution in [0.5, 0.6) is 0 Å². The first-order chi connectivity index (χ1) is 17.2. The van der Waals surface area contributed by atoms with E-state index in [2.05, 4.69) is 13.8 Å². The van der Waals surface area contributed by atoms with E-state index < -0.39 is 0 Å². The molecule has 0 atom stereocenters. The summed E-state index contributed by atoms with van der Waals surface area (Å²) >= 11 is 0. The predicted octanol–water partition coefficient (Wildman–Crippen LogP) is 6.64. The molecule has 1 rings (SSSR count). The van der Waals surface area contributed by atoms with Gasteiger partial charge in [-0.3, -0.25) is 9.59 Å². The molecule has 0 spiro atoms. The molecule has 0 radical (unpaired) electrons. The largest absolute Gasteiger partial charge is 0.465 e. The number of carbonyl (C=O) groups excluding carboxylic acids is 2. The zero-order chi connectivity index (χ0) is 25.4. The lowest BCUT2D eigenvalue weighted by atomic mass is 10.1. The van der Waals surface area contributed by atoms with Crippen molar-refractivity contribution in [3.8, 4) is 0 Å². The fourth-order valence-corrected chi connectivity index (χ4v) is 3.59. The van der Waals surface area contributed by atoms with Crippen LogP contribution in [0.2, 0.25) is 0 Å². The third kappa shape index (κ3) is 19.0. The van der Waals surface area contributed by atoms with Crippen LogP contribution in [0.1, 0.15) is 96.5 Å². The normalized spacial score (nSPS) is 11.1. The van der Waals surface area contributed by atoms with Gasteiger partial charge in [0.2, 0.25) is 0 Å². The molecule has 0 N–H and O–H groups in total. The molecule has 0 fully saturated rings. The van der Waals surface area contributed by atoms with Crippen LogP contribution in [-0.2, 0) is 35.1 Å². The summed E-state index contributed by atoms with van der Waals surface area (Å²) in [7, 11) is 0. The summed E-state index contributed by atoms with van der Waals surface area (Å²) in [6.45, 7) is 6.53. The number of benzene rings is 1. The Labute approximate surface area is 213 Å². The molecule has 0 heterocycles. The summed E-state index contributed by atoms with van der Waals surface area (Å²) in [6.07, 6.45) is 11.7. The predicted molar refractivity (Wildman–Crippen MR) is 139 cm³/mol. The van der Waals surface area contributed by atoms with Gasteiger partial charge in [0.1, 0.15) is 0 Å². The van der Waals surface area contributed by atoms with Gasteiger partial charge < -0.3 is 18.9 Å². The first-order valence-electron chi connectivity index (χ1n) is 13.7. The second-order valence-electron chi connectivity index (χ2n) is 9.17. The highest BCUT2D eigenvalue weighted by molar-refractivity contribution is 5.69. The SMILES string of the molecule is CCCCCCCC(=O)OCC(COCCOCc1ccccc1)COC(=O)CCCCCCC. The van der Waals surface area contributed by atoms with Gasteiger partial charge in [0.25, 0.3) is 0 Å². The van der Waals surface area contributed by atoms with Crippen LogP contribution in [-0.4, -0.2) is 45.0 Å². The van der Waals surface area contributed by atoms with Gasteiger partial charge in [-0.15, -0.1) is 0 Å². The second kappa shape index (κ2) is 22.5. The maximum Gasteiger partial charge on any atom is 0.305 e. The Morgan fingerprint density at radius 1 is 0.657 bits per heavy atom. The van der Waals surface area contributed by atoms with Crippen LogP contribution >= 0.6 is 0 Å². The lowest BCUT2D eigenvalue weighted by Crippen LogP contribution is -2.25. The molecule has 6 heteroatoms. The highest BCUT2D eigenvalue weighted by atomic mass is 16.6. The van der Waals surface area contributed by atoms with Crippen LogP contribution in [0.25, 0.3) is 0 Å². The van der Waals surface area contributed by atoms with Crippen molar-refractivity contribution in [2.45, 2.75) is 97.5 Å². The van der Waals surface area contributed by atoms with Gasteiger partial charge in [-0.1, -0.05) is 95.5 Å². The maximum absolute atomic E-state index is 12.1. The fraction of sp³-hybridized carbons (Fsp3) is 0.724. The molecule has 0 aliphatic carbocycles. The molecule has 0 aliphatic heterocycles. The number of rotatable bonds is 23. The Bertz CT molecular complexity index is 603. The van der Waals surface area contributed by atoms with E-state index in [0.29, 0.717) is 39.3 Å². The van der Waals surface area contributed by atoms with Gasteiger partial charge in [-0.25, -0.2) is 0 Å². The van der Waals surface area contributed by atoms with Gasteiger partial charge >= 0.3 is 11.9 Å². The van der Waals surface area contributed by atoms with Crippen molar-refractivity contribution >= 4 is 11.9 Å². The van der Waals surface area contributed by atoms with Crippen LogP contribution in [0.15, 0.2) is 30.3 Å². The van der Waals surface area contributed by atoms with Crippen molar-refractivity contribution in [2.75, 3.05) is 33.0 Å². The Morgan fingerprint density at radius 3 is 1.71 bits per heavy atom. The first-order valence-corrected chi connectivity index (χ1v) is 13.7. The molecule has 0 aliphatic rings. The summed E-state index contributed by atoms with van der Waals surface area (Å²) < 4.78 is 22.3. The van der Waals surface area contributed by atoms with Gasteiger partial charge in [0, 0.05) is 12.8 Å². The molecule has 0 saturated carbocycles. The summed E-state index contributed by atoms with van der Waals surface area (Å²) in [5.74, 6) is -0.572. The number of hydrogen-bond donors (Lipinski definition) is 0. The zero-order valence-corrected chi connectivity index (χ0v) is 22.1. The molecule has 0 amide bonds. The van der Waals surface area contributed by atoms with E-state index in [4.69, 9.17) is 18.9 Å². The van der Waals surface area contributed by atoms with Crippen molar-refractivity contribution in [3.05, 3.63) is 35.9 Å². The fourth-order valence-electron chi connectivity index (χ4n) is 3.59. The summed E-state index contributed by atoms with van der Waals surface area (Å²) in [6, 6.07) is 9.99. The van der Waals surface area contributed by atoms with Crippen molar-refractivity contribution in [1.29, 1.82) is 0 Å². The average molecular weight is 493 g/mol. The van der Waals surface area contributed by atoms with Gasteiger partial charge in [-0.05, 0) is 18.4 Å². The van der Waals surface area contributed by atoms with E-state index >= 15 is 0 Å². The molecular weight excluding hydrogens is 444 g/mol. The molecular formula is C29H48O6. The molecule has 0 bridgehead atoms. The van der Waals surface area contributed by atoms with E-state index in [0.717, 1.165) is 44.1 Å². The minimum Gasteiger partial charge on any atom is -0.465 e. The molecule has 6 nitrogen and oxygen atoms in total. The number of ether oxygens (including phenoxy) is 4. The summed E-state index contributed by atoms with van der Waals surface area (Å²) in [4.78, 5) is 24.2. The summed E-state index contributed by atoms with van der Waals surface area (Å²) in [5.41, 5.74) is 1.12. The number of unbranched alkanes of at least 4 members (excludes halogenated alkanes) is 8. The van der Waals surface area contributed by atoms with Crippen LogP contribution in [0.3, 0.4) is 0 Å². The van der Waals surface area contributed by atoms with Gasteiger partial charge in [0.15, 0.2) is 0 Å². The van der Waals surface area contributed by atoms with E-state index in [9.17, 15) is 9.59 Å². The van der Waals surface area contributed by atoms with E-state index in [1.165, 1.54) is 25.7 Å². The third-order valence-electron chi connectivity index (χ3n) is 5.77. The Morgan fingerprint density at radius 2 is 1.17 bits per heavy atom. The first kappa shape index (κ1) is 31.1. The molecule has 0 saturated heterocycles. The Balaban J connectivity index is 2.29. The van der Waals surface area contributed by atoms with E-state index in [-0.39, 0.29) is 31.1 Å². The lowest BCUT2D eigenvalue weighted by Gasteiger charge is -2.18. The Kier molecular flexibility index (Phi) is 20.0. The monoisotopic (exact) mass is 492 g/mol. The highest BCUT2D eigenvalue weighted by Crippen LogP contribution is 2.09. The third-order valence-corrected chi connectivity index (χ3v) is 5.77. The van der Waals surface area contributed by atoms with E-state index in [1.54, 1.807) is 0 Å². The maximum atomic E-state index is 12.1. The topological polar surface area (TPSA) is 71.1 Å². The molecule has 0 aromatic heterocycles. The van der Waals surface area contributed by atoms with Crippen molar-refractivity contribution in [3.63, 3.8) is 0 Å². The van der Waals surface area contributed by atoms with Crippen molar-refractivity contribution < 1.29 is 28.5 Å². The molecule has 1 aromatic rings. The smallest absolute Gasteiger partial charge is 0.305 e. The van der Waals surface area contributed by atoms with Crippen LogP contribution in [0.4, 0.5) is 0 Å². The van der Waals surface area contributed by atoms with Crippen molar-refractivity contribution in [1.82, 2.24) is 0 Å². The Hall–Kier alpha value is -1.92. The lowest BCUT2D eigenvalue weighted by molar-refractivity contribution is -0.150. The standard InChI is InChI=1S/C29H48O6/c1-3-5-7-9-14-18-28(30)34-24-27(25-35-29(31)19-15-10-8-6-4-2)23-33-21-20-32-22-26-16-12-11-13-17-26/h11-13,16-17,27H,3-10,14-15,18-25H2,1-2H3. The molecule has 1 aromatic carbocycles. The minimum atomic E-state index is -0.194. The van der Waals surface area contributed by atoms with Crippen LogP contribution in [0, 0.1) is 5.92 Å². The highest BCUT2D eigenvalue weighted by Gasteiger charge is 2.16.